The number of amides is 1. The van der Waals surface area contributed by atoms with Crippen LogP contribution in [0.25, 0.3) is 10.3 Å². The molecule has 1 fully saturated rings. The van der Waals surface area contributed by atoms with Crippen molar-refractivity contribution in [3.63, 3.8) is 0 Å². The summed E-state index contributed by atoms with van der Waals surface area (Å²) < 4.78 is 1.76. The molecule has 3 heterocycles. The van der Waals surface area contributed by atoms with E-state index >= 15 is 0 Å². The summed E-state index contributed by atoms with van der Waals surface area (Å²) in [6, 6.07) is 6.95. The van der Waals surface area contributed by atoms with E-state index in [1.165, 1.54) is 22.2 Å². The topological polar surface area (TPSA) is 80.1 Å². The average molecular weight is 422 g/mol. The van der Waals surface area contributed by atoms with Crippen LogP contribution >= 0.6 is 34.7 Å². The van der Waals surface area contributed by atoms with Crippen molar-refractivity contribution in [3.05, 3.63) is 46.0 Å². The molecule has 0 aliphatic carbocycles. The SMILES string of the molecule is O=C(Cn1cnc2nc(N3CCSCC3)sc2c1=O)Nc1ccccc1Cl. The van der Waals surface area contributed by atoms with Crippen LogP contribution in [0, 0.1) is 0 Å². The van der Waals surface area contributed by atoms with E-state index in [1.807, 2.05) is 11.8 Å². The summed E-state index contributed by atoms with van der Waals surface area (Å²) in [6.45, 7) is 1.69. The van der Waals surface area contributed by atoms with E-state index in [-0.39, 0.29) is 18.0 Å². The first-order chi connectivity index (χ1) is 13.1. The summed E-state index contributed by atoms with van der Waals surface area (Å²) in [5, 5.41) is 3.97. The zero-order chi connectivity index (χ0) is 18.8. The number of para-hydroxylation sites is 1. The number of thioether (sulfide) groups is 1. The standard InChI is InChI=1S/C17H16ClN5O2S2/c18-11-3-1-2-4-12(11)20-13(24)9-23-10-19-15-14(16(23)25)27-17(21-15)22-5-7-26-8-6-22/h1-4,10H,5-9H2,(H,20,24). The number of fused-ring (bicyclic) bond motifs is 1. The number of hydrogen-bond donors (Lipinski definition) is 1. The van der Waals surface area contributed by atoms with Gasteiger partial charge < -0.3 is 10.2 Å². The Morgan fingerprint density at radius 3 is 2.81 bits per heavy atom. The molecule has 0 radical (unpaired) electrons. The van der Waals surface area contributed by atoms with Gasteiger partial charge in [0, 0.05) is 24.6 Å². The van der Waals surface area contributed by atoms with Crippen LogP contribution in [0.4, 0.5) is 10.8 Å². The minimum absolute atomic E-state index is 0.138. The van der Waals surface area contributed by atoms with Crippen LogP contribution in [0.5, 0.6) is 0 Å². The quantitative estimate of drug-likeness (QED) is 0.697. The largest absolute Gasteiger partial charge is 0.346 e. The van der Waals surface area contributed by atoms with Gasteiger partial charge in [-0.15, -0.1) is 0 Å². The lowest BCUT2D eigenvalue weighted by atomic mass is 10.3. The second-order valence-electron chi connectivity index (χ2n) is 5.95. The zero-order valence-electron chi connectivity index (χ0n) is 14.2. The molecule has 140 valence electrons. The van der Waals surface area contributed by atoms with E-state index in [2.05, 4.69) is 20.2 Å². The van der Waals surface area contributed by atoms with E-state index in [1.54, 1.807) is 24.3 Å². The Balaban J connectivity index is 1.55. The Hall–Kier alpha value is -2.10. The first-order valence-electron chi connectivity index (χ1n) is 8.35. The Kier molecular flexibility index (Phi) is 5.33. The number of hydrogen-bond acceptors (Lipinski definition) is 7. The highest BCUT2D eigenvalue weighted by atomic mass is 35.5. The van der Waals surface area contributed by atoms with Gasteiger partial charge in [-0.05, 0) is 12.1 Å². The van der Waals surface area contributed by atoms with Crippen molar-refractivity contribution in [2.24, 2.45) is 0 Å². The number of thiazole rings is 1. The van der Waals surface area contributed by atoms with Gasteiger partial charge in [-0.25, -0.2) is 4.98 Å². The fourth-order valence-electron chi connectivity index (χ4n) is 2.74. The Morgan fingerprint density at radius 1 is 1.26 bits per heavy atom. The number of carbonyl (C=O) groups excluding carboxylic acids is 1. The number of rotatable bonds is 4. The molecule has 27 heavy (non-hydrogen) atoms. The molecule has 0 spiro atoms. The maximum absolute atomic E-state index is 12.7. The van der Waals surface area contributed by atoms with Crippen molar-refractivity contribution in [1.29, 1.82) is 0 Å². The molecule has 1 aromatic carbocycles. The van der Waals surface area contributed by atoms with Gasteiger partial charge in [0.2, 0.25) is 5.91 Å². The second kappa shape index (κ2) is 7.87. The molecule has 10 heteroatoms. The number of anilines is 2. The minimum atomic E-state index is -0.343. The molecule has 1 aliphatic heterocycles. The van der Waals surface area contributed by atoms with Crippen molar-refractivity contribution in [3.8, 4) is 0 Å². The smallest absolute Gasteiger partial charge is 0.273 e. The zero-order valence-corrected chi connectivity index (χ0v) is 16.6. The van der Waals surface area contributed by atoms with E-state index in [0.29, 0.717) is 21.1 Å². The molecular formula is C17H16ClN5O2S2. The molecule has 0 unspecified atom stereocenters. The van der Waals surface area contributed by atoms with Gasteiger partial charge in [0.1, 0.15) is 17.6 Å². The molecule has 0 atom stereocenters. The maximum atomic E-state index is 12.7. The van der Waals surface area contributed by atoms with Crippen LogP contribution in [0.15, 0.2) is 35.4 Å². The Bertz CT molecular complexity index is 1050. The van der Waals surface area contributed by atoms with E-state index < -0.39 is 0 Å². The van der Waals surface area contributed by atoms with Crippen molar-refractivity contribution in [2.75, 3.05) is 34.8 Å². The van der Waals surface area contributed by atoms with E-state index in [0.717, 1.165) is 29.7 Å². The molecule has 2 aromatic heterocycles. The fraction of sp³-hybridized carbons (Fsp3) is 0.294. The third-order valence-corrected chi connectivity index (χ3v) is 6.48. The summed E-state index contributed by atoms with van der Waals surface area (Å²) >= 11 is 9.30. The maximum Gasteiger partial charge on any atom is 0.273 e. The summed E-state index contributed by atoms with van der Waals surface area (Å²) in [7, 11) is 0. The van der Waals surface area contributed by atoms with Crippen molar-refractivity contribution in [2.45, 2.75) is 6.54 Å². The van der Waals surface area contributed by atoms with Gasteiger partial charge in [0.05, 0.1) is 10.7 Å². The fourth-order valence-corrected chi connectivity index (χ4v) is 4.85. The average Bonchev–Trinajstić information content (AvgIpc) is 3.12. The molecule has 1 saturated heterocycles. The molecule has 1 amide bonds. The van der Waals surface area contributed by atoms with Gasteiger partial charge in [-0.1, -0.05) is 35.1 Å². The van der Waals surface area contributed by atoms with Gasteiger partial charge in [-0.2, -0.15) is 16.7 Å². The molecule has 0 saturated carbocycles. The Labute approximate surface area is 168 Å². The number of nitrogens with zero attached hydrogens (tertiary/aromatic N) is 4. The third kappa shape index (κ3) is 3.95. The second-order valence-corrected chi connectivity index (χ2v) is 8.56. The number of halogens is 1. The van der Waals surface area contributed by atoms with Gasteiger partial charge in [0.15, 0.2) is 10.8 Å². The summed E-state index contributed by atoms with van der Waals surface area (Å²) in [6.07, 6.45) is 1.37. The minimum Gasteiger partial charge on any atom is -0.346 e. The summed E-state index contributed by atoms with van der Waals surface area (Å²) in [5.41, 5.74) is 0.680. The molecule has 1 N–H and O–H groups in total. The molecule has 0 bridgehead atoms. The monoisotopic (exact) mass is 421 g/mol. The molecule has 4 rings (SSSR count). The van der Waals surface area contributed by atoms with Crippen LogP contribution in [-0.4, -0.2) is 45.0 Å². The molecule has 3 aromatic rings. The lowest BCUT2D eigenvalue weighted by molar-refractivity contribution is -0.116. The van der Waals surface area contributed by atoms with Crippen molar-refractivity contribution in [1.82, 2.24) is 14.5 Å². The Morgan fingerprint density at radius 2 is 2.04 bits per heavy atom. The highest BCUT2D eigenvalue weighted by molar-refractivity contribution is 7.99. The predicted octanol–water partition coefficient (Wildman–Crippen LogP) is 2.70. The summed E-state index contributed by atoms with van der Waals surface area (Å²) in [4.78, 5) is 36.0. The lowest BCUT2D eigenvalue weighted by Gasteiger charge is -2.25. The first kappa shape index (κ1) is 18.3. The normalized spacial score (nSPS) is 14.5. The van der Waals surface area contributed by atoms with Gasteiger partial charge in [0.25, 0.3) is 5.56 Å². The molecule has 1 aliphatic rings. The predicted molar refractivity (Wildman–Crippen MR) is 111 cm³/mol. The van der Waals surface area contributed by atoms with Crippen LogP contribution in [0.3, 0.4) is 0 Å². The molecular weight excluding hydrogens is 406 g/mol. The highest BCUT2D eigenvalue weighted by Crippen LogP contribution is 2.27. The number of nitrogens with one attached hydrogen (secondary N) is 1. The number of benzene rings is 1. The van der Waals surface area contributed by atoms with Crippen LogP contribution in [-0.2, 0) is 11.3 Å². The number of carbonyl (C=O) groups is 1. The van der Waals surface area contributed by atoms with Crippen LogP contribution in [0.1, 0.15) is 0 Å². The van der Waals surface area contributed by atoms with Crippen LogP contribution in [0.2, 0.25) is 5.02 Å². The van der Waals surface area contributed by atoms with Crippen molar-refractivity contribution >= 4 is 61.8 Å². The van der Waals surface area contributed by atoms with Gasteiger partial charge >= 0.3 is 0 Å². The molecule has 7 nitrogen and oxygen atoms in total. The van der Waals surface area contributed by atoms with Gasteiger partial charge in [-0.3, -0.25) is 14.2 Å². The highest BCUT2D eigenvalue weighted by Gasteiger charge is 2.18. The van der Waals surface area contributed by atoms with E-state index in [4.69, 9.17) is 11.6 Å². The number of aromatic nitrogens is 3. The van der Waals surface area contributed by atoms with Crippen LogP contribution < -0.4 is 15.8 Å². The lowest BCUT2D eigenvalue weighted by Crippen LogP contribution is -2.32. The first-order valence-corrected chi connectivity index (χ1v) is 10.7. The van der Waals surface area contributed by atoms with E-state index in [9.17, 15) is 9.59 Å². The van der Waals surface area contributed by atoms with Crippen molar-refractivity contribution < 1.29 is 4.79 Å². The summed E-state index contributed by atoms with van der Waals surface area (Å²) in [5.74, 6) is 1.76. The third-order valence-electron chi connectivity index (χ3n) is 4.12.